The average Bonchev–Trinajstić information content (AvgIpc) is 2.47. The first-order valence-electron chi connectivity index (χ1n) is 5.46. The fourth-order valence-corrected chi connectivity index (χ4v) is 1.57. The molecule has 3 aromatic rings. The predicted molar refractivity (Wildman–Crippen MR) is 63.5 cm³/mol. The highest BCUT2D eigenvalue weighted by atomic mass is 17.5. The summed E-state index contributed by atoms with van der Waals surface area (Å²) in [6.45, 7) is 0. The number of nitrogens with zero attached hydrogens (tertiary/aromatic N) is 6. The van der Waals surface area contributed by atoms with Crippen molar-refractivity contribution in [1.29, 1.82) is 0 Å². The van der Waals surface area contributed by atoms with Crippen molar-refractivity contribution in [3.8, 4) is 23.8 Å². The largest absolute Gasteiger partial charge is 0.492 e. The zero-order chi connectivity index (χ0) is 15.7. The third-order valence-corrected chi connectivity index (χ3v) is 2.36. The van der Waals surface area contributed by atoms with Crippen LogP contribution in [0.1, 0.15) is 0 Å². The number of rotatable bonds is 4. The number of hydrogen-bond acceptors (Lipinski definition) is 13. The van der Waals surface area contributed by atoms with Gasteiger partial charge >= 0.3 is 12.0 Å². The summed E-state index contributed by atoms with van der Waals surface area (Å²) >= 11 is 0. The molecule has 0 fully saturated rings. The Morgan fingerprint density at radius 3 is 1.68 bits per heavy atom. The minimum atomic E-state index is -0.612. The minimum Gasteiger partial charge on any atom is -0.492 e. The quantitative estimate of drug-likeness (QED) is 0.319. The van der Waals surface area contributed by atoms with Gasteiger partial charge in [0.1, 0.15) is 0 Å². The van der Waals surface area contributed by atoms with Crippen LogP contribution in [0.3, 0.4) is 0 Å². The van der Waals surface area contributed by atoms with Crippen molar-refractivity contribution in [2.75, 3.05) is 7.11 Å². The second-order valence-corrected chi connectivity index (χ2v) is 3.64. The lowest BCUT2D eigenvalue weighted by Gasteiger charge is -2.05. The molecule has 0 bridgehead atoms. The lowest BCUT2D eigenvalue weighted by Crippen LogP contribution is -2.02. The first kappa shape index (κ1) is 13.8. The molecule has 13 heteroatoms. The van der Waals surface area contributed by atoms with E-state index in [0.29, 0.717) is 0 Å². The Labute approximate surface area is 119 Å². The molecule has 0 saturated carbocycles. The van der Waals surface area contributed by atoms with Gasteiger partial charge in [-0.25, -0.2) is 15.2 Å². The van der Waals surface area contributed by atoms with Crippen LogP contribution in [0.4, 0.5) is 0 Å². The number of hydrogen-bond donors (Lipinski definition) is 3. The maximum Gasteiger partial charge on any atom is 0.362 e. The van der Waals surface area contributed by atoms with Crippen LogP contribution in [-0.4, -0.2) is 52.5 Å². The van der Waals surface area contributed by atoms with Crippen LogP contribution < -0.4 is 9.78 Å². The molecule has 0 aliphatic rings. The van der Waals surface area contributed by atoms with E-state index in [0.717, 1.165) is 0 Å². The van der Waals surface area contributed by atoms with E-state index in [1.54, 1.807) is 0 Å². The second kappa shape index (κ2) is 5.32. The van der Waals surface area contributed by atoms with Gasteiger partial charge in [-0.1, -0.05) is 0 Å². The molecular weight excluding hydrogens is 304 g/mol. The smallest absolute Gasteiger partial charge is 0.362 e. The van der Waals surface area contributed by atoms with Crippen molar-refractivity contribution >= 4 is 22.3 Å². The zero-order valence-corrected chi connectivity index (χ0v) is 10.7. The van der Waals surface area contributed by atoms with E-state index in [-0.39, 0.29) is 28.3 Å². The molecule has 0 radical (unpaired) electrons. The fraction of sp³-hybridized carbons (Fsp3) is 0.111. The molecule has 22 heavy (non-hydrogen) atoms. The van der Waals surface area contributed by atoms with Crippen molar-refractivity contribution in [2.45, 2.75) is 0 Å². The molecule has 0 aliphatic carbocycles. The Kier molecular flexibility index (Phi) is 3.34. The van der Waals surface area contributed by atoms with E-state index in [4.69, 9.17) is 5.26 Å². The first-order valence-corrected chi connectivity index (χ1v) is 5.46. The Morgan fingerprint density at radius 2 is 1.23 bits per heavy atom. The van der Waals surface area contributed by atoms with Gasteiger partial charge in [-0.15, -0.1) is 0 Å². The fourth-order valence-electron chi connectivity index (χ4n) is 1.57. The lowest BCUT2D eigenvalue weighted by atomic mass is 10.4. The summed E-state index contributed by atoms with van der Waals surface area (Å²) in [7, 11) is 1.22. The molecule has 3 aromatic heterocycles. The van der Waals surface area contributed by atoms with E-state index >= 15 is 0 Å². The van der Waals surface area contributed by atoms with Crippen LogP contribution in [0.25, 0.3) is 22.3 Å². The molecular formula is C9H6N6O7. The first-order chi connectivity index (χ1) is 10.6. The van der Waals surface area contributed by atoms with Crippen LogP contribution in [-0.2, 0) is 9.93 Å². The summed E-state index contributed by atoms with van der Waals surface area (Å²) < 4.78 is 0. The SMILES string of the molecule is COOc1nc(O)c2nc3nc(OOO)nc(O)c3nc2n1. The predicted octanol–water partition coefficient (Wildman–Crippen LogP) is -0.502. The van der Waals surface area contributed by atoms with Crippen LogP contribution in [0.2, 0.25) is 0 Å². The van der Waals surface area contributed by atoms with E-state index < -0.39 is 17.8 Å². The maximum atomic E-state index is 9.79. The number of fused-ring (bicyclic) bond motifs is 2. The van der Waals surface area contributed by atoms with E-state index in [9.17, 15) is 10.2 Å². The average molecular weight is 310 g/mol. The van der Waals surface area contributed by atoms with Gasteiger partial charge in [0, 0.05) is 0 Å². The summed E-state index contributed by atoms with van der Waals surface area (Å²) in [4.78, 5) is 35.5. The van der Waals surface area contributed by atoms with Crippen LogP contribution >= 0.6 is 0 Å². The standard InChI is InChI=1S/C9H6N6O7/c1-19-20-8-12-4-2(6(16)14-8)11-5-3(10-4)7(17)15-9(13-5)21-22-18/h18H,1H3,(H,10,12,14,16)(H,11,13,15,17). The monoisotopic (exact) mass is 310 g/mol. The zero-order valence-electron chi connectivity index (χ0n) is 10.7. The van der Waals surface area contributed by atoms with E-state index in [1.165, 1.54) is 7.11 Å². The molecule has 0 aliphatic heterocycles. The Hall–Kier alpha value is -3.16. The van der Waals surface area contributed by atoms with Gasteiger partial charge in [0.25, 0.3) is 0 Å². The highest BCUT2D eigenvalue weighted by Gasteiger charge is 2.17. The molecule has 0 atom stereocenters. The van der Waals surface area contributed by atoms with Crippen LogP contribution in [0, 0.1) is 0 Å². The normalized spacial score (nSPS) is 11.0. The van der Waals surface area contributed by atoms with Crippen molar-refractivity contribution in [3.63, 3.8) is 0 Å². The Bertz CT molecular complexity index is 787. The summed E-state index contributed by atoms with van der Waals surface area (Å²) in [5.41, 5.74) is -0.520. The van der Waals surface area contributed by atoms with Crippen molar-refractivity contribution < 1.29 is 35.2 Å². The summed E-state index contributed by atoms with van der Waals surface area (Å²) in [5, 5.41) is 31.1. The molecule has 0 amide bonds. The number of aromatic hydroxyl groups is 2. The molecule has 0 saturated heterocycles. The van der Waals surface area contributed by atoms with Gasteiger partial charge < -0.3 is 10.2 Å². The Balaban J connectivity index is 2.26. The second-order valence-electron chi connectivity index (χ2n) is 3.64. The van der Waals surface area contributed by atoms with E-state index in [2.05, 4.69) is 49.6 Å². The van der Waals surface area contributed by atoms with Crippen molar-refractivity contribution in [2.24, 2.45) is 0 Å². The van der Waals surface area contributed by atoms with Crippen molar-refractivity contribution in [1.82, 2.24) is 29.9 Å². The van der Waals surface area contributed by atoms with Crippen molar-refractivity contribution in [3.05, 3.63) is 0 Å². The minimum absolute atomic E-state index is 0.0990. The molecule has 0 spiro atoms. The molecule has 3 rings (SSSR count). The molecule has 0 aromatic carbocycles. The lowest BCUT2D eigenvalue weighted by molar-refractivity contribution is -0.441. The van der Waals surface area contributed by atoms with Gasteiger partial charge in [0.05, 0.1) is 7.11 Å². The molecule has 3 N–H and O–H groups in total. The summed E-state index contributed by atoms with van der Waals surface area (Å²) in [5.74, 6) is -1.16. The van der Waals surface area contributed by atoms with Gasteiger partial charge in [0.2, 0.25) is 11.8 Å². The topological polar surface area (TPSA) is 175 Å². The summed E-state index contributed by atoms with van der Waals surface area (Å²) in [6, 6.07) is -0.837. The van der Waals surface area contributed by atoms with Gasteiger partial charge in [-0.3, -0.25) is 9.78 Å². The molecule has 0 unspecified atom stereocenters. The highest BCUT2D eigenvalue weighted by Crippen LogP contribution is 2.26. The van der Waals surface area contributed by atoms with Gasteiger partial charge in [0.15, 0.2) is 22.3 Å². The van der Waals surface area contributed by atoms with Gasteiger partial charge in [-0.05, 0) is 5.04 Å². The van der Waals surface area contributed by atoms with E-state index in [1.807, 2.05) is 0 Å². The third-order valence-electron chi connectivity index (χ3n) is 2.36. The highest BCUT2D eigenvalue weighted by molar-refractivity contribution is 5.86. The van der Waals surface area contributed by atoms with Crippen LogP contribution in [0.15, 0.2) is 0 Å². The third kappa shape index (κ3) is 2.30. The maximum absolute atomic E-state index is 9.79. The number of aromatic nitrogens is 6. The molecule has 13 nitrogen and oxygen atoms in total. The van der Waals surface area contributed by atoms with Crippen LogP contribution in [0.5, 0.6) is 23.8 Å². The summed E-state index contributed by atoms with van der Waals surface area (Å²) in [6.07, 6.45) is 0. The molecule has 3 heterocycles. The Morgan fingerprint density at radius 1 is 0.727 bits per heavy atom. The van der Waals surface area contributed by atoms with Gasteiger partial charge in [-0.2, -0.15) is 24.8 Å². The molecule has 114 valence electrons.